The Balaban J connectivity index is 2.30. The molecule has 0 aliphatic heterocycles. The van der Waals surface area contributed by atoms with Crippen molar-refractivity contribution in [3.05, 3.63) is 65.2 Å². The normalized spacial score (nSPS) is 11.7. The van der Waals surface area contributed by atoms with Gasteiger partial charge in [-0.25, -0.2) is 0 Å². The number of carbonyl (C=O) groups is 2. The van der Waals surface area contributed by atoms with Crippen LogP contribution in [0.15, 0.2) is 54.6 Å². The predicted octanol–water partition coefficient (Wildman–Crippen LogP) is 2.49. The van der Waals surface area contributed by atoms with E-state index in [0.29, 0.717) is 16.3 Å². The molecule has 0 aliphatic carbocycles. The van der Waals surface area contributed by atoms with Crippen LogP contribution in [-0.2, 0) is 9.59 Å². The molecule has 0 heterocycles. The number of aliphatic hydroxyl groups excluding tert-OH is 1. The average molecular weight is 320 g/mol. The Morgan fingerprint density at radius 2 is 1.64 bits per heavy atom. The van der Waals surface area contributed by atoms with Gasteiger partial charge in [0.15, 0.2) is 6.10 Å². The molecule has 2 rings (SSSR count). The second kappa shape index (κ2) is 7.06. The topological polar surface area (TPSA) is 77.8 Å². The Hall–Kier alpha value is -2.37. The number of anilines is 1. The van der Waals surface area contributed by atoms with E-state index in [4.69, 9.17) is 16.7 Å². The summed E-state index contributed by atoms with van der Waals surface area (Å²) in [5, 5.41) is 19.6. The van der Waals surface area contributed by atoms with Crippen LogP contribution in [0.4, 0.5) is 5.69 Å². The number of aliphatic hydroxyl groups is 1. The lowest BCUT2D eigenvalue weighted by molar-refractivity contribution is -0.137. The Morgan fingerprint density at radius 3 is 2.18 bits per heavy atom. The Kier molecular flexibility index (Phi) is 5.14. The van der Waals surface area contributed by atoms with Crippen molar-refractivity contribution in [3.8, 4) is 0 Å². The highest BCUT2D eigenvalue weighted by atomic mass is 35.5. The van der Waals surface area contributed by atoms with Crippen molar-refractivity contribution in [2.24, 2.45) is 0 Å². The minimum Gasteiger partial charge on any atom is -0.480 e. The van der Waals surface area contributed by atoms with Crippen LogP contribution in [0.2, 0.25) is 5.02 Å². The van der Waals surface area contributed by atoms with Crippen LogP contribution in [0, 0.1) is 0 Å². The molecule has 22 heavy (non-hydrogen) atoms. The lowest BCUT2D eigenvalue weighted by Crippen LogP contribution is -2.39. The molecule has 0 bridgehead atoms. The van der Waals surface area contributed by atoms with E-state index in [1.165, 1.54) is 12.1 Å². The van der Waals surface area contributed by atoms with Gasteiger partial charge in [-0.1, -0.05) is 41.9 Å². The monoisotopic (exact) mass is 319 g/mol. The number of nitrogens with zero attached hydrogens (tertiary/aromatic N) is 1. The largest absolute Gasteiger partial charge is 0.480 e. The van der Waals surface area contributed by atoms with E-state index in [2.05, 4.69) is 0 Å². The summed E-state index contributed by atoms with van der Waals surface area (Å²) >= 11 is 5.79. The summed E-state index contributed by atoms with van der Waals surface area (Å²) in [6.07, 6.45) is -1.43. The van der Waals surface area contributed by atoms with Crippen LogP contribution in [0.25, 0.3) is 0 Å². The average Bonchev–Trinajstić information content (AvgIpc) is 2.53. The number of carboxylic acid groups (broad SMARTS) is 1. The summed E-state index contributed by atoms with van der Waals surface area (Å²) in [5.74, 6) is -1.89. The Morgan fingerprint density at radius 1 is 1.05 bits per heavy atom. The standard InChI is InChI=1S/C16H14ClNO4/c17-12-6-8-13(9-7-12)18(10-14(19)20)16(22)15(21)11-4-2-1-3-5-11/h1-9,15,21H,10H2,(H,19,20). The smallest absolute Gasteiger partial charge is 0.323 e. The molecule has 0 spiro atoms. The van der Waals surface area contributed by atoms with E-state index in [0.717, 1.165) is 4.90 Å². The predicted molar refractivity (Wildman–Crippen MR) is 82.8 cm³/mol. The molecule has 0 saturated carbocycles. The molecule has 1 unspecified atom stereocenters. The zero-order chi connectivity index (χ0) is 16.1. The maximum absolute atomic E-state index is 12.4. The highest BCUT2D eigenvalue weighted by molar-refractivity contribution is 6.30. The van der Waals surface area contributed by atoms with Gasteiger partial charge >= 0.3 is 5.97 Å². The summed E-state index contributed by atoms with van der Waals surface area (Å²) in [6.45, 7) is -0.551. The van der Waals surface area contributed by atoms with Gasteiger partial charge < -0.3 is 10.2 Å². The zero-order valence-corrected chi connectivity index (χ0v) is 12.3. The first-order valence-electron chi connectivity index (χ1n) is 6.51. The third-order valence-corrected chi connectivity index (χ3v) is 3.30. The highest BCUT2D eigenvalue weighted by Gasteiger charge is 2.26. The van der Waals surface area contributed by atoms with E-state index in [-0.39, 0.29) is 0 Å². The number of rotatable bonds is 5. The first kappa shape index (κ1) is 16.0. The Bertz CT molecular complexity index is 658. The van der Waals surface area contributed by atoms with E-state index in [9.17, 15) is 14.7 Å². The molecule has 2 aromatic rings. The summed E-state index contributed by atoms with van der Waals surface area (Å²) in [7, 11) is 0. The summed E-state index contributed by atoms with van der Waals surface area (Å²) in [5.41, 5.74) is 0.753. The molecule has 0 saturated heterocycles. The van der Waals surface area contributed by atoms with Crippen LogP contribution in [0.1, 0.15) is 11.7 Å². The van der Waals surface area contributed by atoms with Crippen molar-refractivity contribution in [1.29, 1.82) is 0 Å². The molecule has 0 aliphatic rings. The second-order valence-electron chi connectivity index (χ2n) is 4.61. The number of carbonyl (C=O) groups excluding carboxylic acids is 1. The molecule has 0 aromatic heterocycles. The van der Waals surface area contributed by atoms with Crippen molar-refractivity contribution in [2.45, 2.75) is 6.10 Å². The zero-order valence-electron chi connectivity index (χ0n) is 11.5. The third-order valence-electron chi connectivity index (χ3n) is 3.05. The molecule has 5 nitrogen and oxygen atoms in total. The van der Waals surface area contributed by atoms with Gasteiger partial charge in [0.25, 0.3) is 5.91 Å². The van der Waals surface area contributed by atoms with Crippen molar-refractivity contribution in [3.63, 3.8) is 0 Å². The lowest BCUT2D eigenvalue weighted by Gasteiger charge is -2.24. The Labute approximate surface area is 132 Å². The van der Waals surface area contributed by atoms with Gasteiger partial charge in [0, 0.05) is 10.7 Å². The number of carboxylic acids is 1. The van der Waals surface area contributed by atoms with Crippen molar-refractivity contribution >= 4 is 29.2 Å². The van der Waals surface area contributed by atoms with Crippen LogP contribution < -0.4 is 4.90 Å². The van der Waals surface area contributed by atoms with Crippen molar-refractivity contribution < 1.29 is 19.8 Å². The molecule has 114 valence electrons. The number of benzene rings is 2. The van der Waals surface area contributed by atoms with E-state index in [1.54, 1.807) is 42.5 Å². The summed E-state index contributed by atoms with van der Waals surface area (Å²) in [4.78, 5) is 24.5. The number of hydrogen-bond donors (Lipinski definition) is 2. The fourth-order valence-corrected chi connectivity index (χ4v) is 2.10. The van der Waals surface area contributed by atoms with Crippen LogP contribution in [-0.4, -0.2) is 28.6 Å². The van der Waals surface area contributed by atoms with Crippen LogP contribution >= 0.6 is 11.6 Å². The first-order valence-corrected chi connectivity index (χ1v) is 6.88. The highest BCUT2D eigenvalue weighted by Crippen LogP contribution is 2.22. The maximum Gasteiger partial charge on any atom is 0.323 e. The molecule has 2 N–H and O–H groups in total. The summed E-state index contributed by atoms with van der Waals surface area (Å²) in [6, 6.07) is 14.5. The number of aliphatic carboxylic acids is 1. The number of hydrogen-bond acceptors (Lipinski definition) is 3. The van der Waals surface area contributed by atoms with E-state index >= 15 is 0 Å². The number of halogens is 1. The molecule has 2 aromatic carbocycles. The second-order valence-corrected chi connectivity index (χ2v) is 5.04. The van der Waals surface area contributed by atoms with E-state index < -0.39 is 24.5 Å². The van der Waals surface area contributed by atoms with Crippen molar-refractivity contribution in [2.75, 3.05) is 11.4 Å². The summed E-state index contributed by atoms with van der Waals surface area (Å²) < 4.78 is 0. The van der Waals surface area contributed by atoms with Gasteiger partial charge in [0.1, 0.15) is 6.54 Å². The minimum absolute atomic E-state index is 0.354. The van der Waals surface area contributed by atoms with E-state index in [1.807, 2.05) is 0 Å². The van der Waals surface area contributed by atoms with Gasteiger partial charge in [-0.3, -0.25) is 14.5 Å². The van der Waals surface area contributed by atoms with Gasteiger partial charge in [0.05, 0.1) is 0 Å². The van der Waals surface area contributed by atoms with Gasteiger partial charge in [-0.05, 0) is 29.8 Å². The quantitative estimate of drug-likeness (QED) is 0.887. The molecule has 0 radical (unpaired) electrons. The van der Waals surface area contributed by atoms with Gasteiger partial charge in [-0.15, -0.1) is 0 Å². The third kappa shape index (κ3) is 3.84. The molecule has 6 heteroatoms. The van der Waals surface area contributed by atoms with Crippen LogP contribution in [0.5, 0.6) is 0 Å². The SMILES string of the molecule is O=C(O)CN(C(=O)C(O)c1ccccc1)c1ccc(Cl)cc1. The maximum atomic E-state index is 12.4. The van der Waals surface area contributed by atoms with Gasteiger partial charge in [-0.2, -0.15) is 0 Å². The molecule has 1 atom stereocenters. The van der Waals surface area contributed by atoms with Crippen molar-refractivity contribution in [1.82, 2.24) is 0 Å². The van der Waals surface area contributed by atoms with Crippen LogP contribution in [0.3, 0.4) is 0 Å². The fourth-order valence-electron chi connectivity index (χ4n) is 1.98. The molecule has 1 amide bonds. The minimum atomic E-state index is -1.43. The fraction of sp³-hybridized carbons (Fsp3) is 0.125. The number of amides is 1. The molecular weight excluding hydrogens is 306 g/mol. The van der Waals surface area contributed by atoms with Gasteiger partial charge in [0.2, 0.25) is 0 Å². The lowest BCUT2D eigenvalue weighted by atomic mass is 10.1. The first-order chi connectivity index (χ1) is 10.5. The molecule has 0 fully saturated rings. The molecular formula is C16H14ClNO4.